The van der Waals surface area contributed by atoms with Gasteiger partial charge in [0.1, 0.15) is 5.75 Å². The molecule has 5 atom stereocenters. The predicted octanol–water partition coefficient (Wildman–Crippen LogP) is 7.05. The molecule has 2 fully saturated rings. The number of nitrogens with two attached hydrogens (primary N) is 1. The third-order valence-corrected chi connectivity index (χ3v) is 12.5. The first kappa shape index (κ1) is 32.4. The smallest absolute Gasteiger partial charge is 0.188 e. The Labute approximate surface area is 280 Å². The number of fused-ring (bicyclic) bond motifs is 1. The number of phenols is 1. The number of Topliss-reactive ketones (excluding diaryl/α,β-unsaturated/α-hetero) is 1. The third-order valence-electron chi connectivity index (χ3n) is 10.2. The number of guanidine groups is 1. The third kappa shape index (κ3) is 6.62. The minimum atomic E-state index is -0.560. The van der Waals surface area contributed by atoms with Gasteiger partial charge in [0.2, 0.25) is 0 Å². The summed E-state index contributed by atoms with van der Waals surface area (Å²) < 4.78 is 0. The van der Waals surface area contributed by atoms with E-state index in [1.807, 2.05) is 31.2 Å². The van der Waals surface area contributed by atoms with Gasteiger partial charge < -0.3 is 26.6 Å². The molecule has 5 unspecified atom stereocenters. The molecule has 2 aliphatic carbocycles. The number of anilines is 1. The van der Waals surface area contributed by atoms with Crippen molar-refractivity contribution < 1.29 is 15.0 Å². The van der Waals surface area contributed by atoms with Crippen LogP contribution in [0.1, 0.15) is 84.5 Å². The van der Waals surface area contributed by atoms with Crippen LogP contribution in [0.25, 0.3) is 15.8 Å². The summed E-state index contributed by atoms with van der Waals surface area (Å²) in [5.74, 6) is 7.32. The second-order valence-corrected chi connectivity index (χ2v) is 15.3. The van der Waals surface area contributed by atoms with E-state index in [0.29, 0.717) is 24.1 Å². The topological polar surface area (TPSA) is 120 Å². The molecule has 3 aliphatic rings. The molecular formula is C37H44N4O3S2. The van der Waals surface area contributed by atoms with Crippen LogP contribution in [0.2, 0.25) is 0 Å². The lowest BCUT2D eigenvalue weighted by Gasteiger charge is -2.46. The number of carbonyl (C=O) groups excluding carboxylic acids is 1. The zero-order valence-electron chi connectivity index (χ0n) is 26.8. The Morgan fingerprint density at radius 1 is 1.17 bits per heavy atom. The normalized spacial score (nSPS) is 23.2. The Balaban J connectivity index is 1.23. The highest BCUT2D eigenvalue weighted by molar-refractivity contribution is 7.23. The van der Waals surface area contributed by atoms with Crippen LogP contribution in [0.5, 0.6) is 5.75 Å². The fraction of sp³-hybridized carbons (Fsp3) is 0.459. The summed E-state index contributed by atoms with van der Waals surface area (Å²) in [6.07, 6.45) is 11.0. The number of benzene rings is 1. The quantitative estimate of drug-likeness (QED) is 0.0768. The van der Waals surface area contributed by atoms with Crippen molar-refractivity contribution in [3.05, 3.63) is 63.4 Å². The molecule has 0 bridgehead atoms. The largest absolute Gasteiger partial charge is 0.507 e. The number of nitrogens with one attached hydrogen (secondary N) is 2. The minimum absolute atomic E-state index is 0.00560. The van der Waals surface area contributed by atoms with Crippen LogP contribution in [0, 0.1) is 29.1 Å². The van der Waals surface area contributed by atoms with Crippen molar-refractivity contribution in [3.63, 3.8) is 0 Å². The summed E-state index contributed by atoms with van der Waals surface area (Å²) in [5.41, 5.74) is 8.78. The van der Waals surface area contributed by atoms with Crippen molar-refractivity contribution in [2.45, 2.75) is 83.4 Å². The van der Waals surface area contributed by atoms with Gasteiger partial charge in [-0.25, -0.2) is 0 Å². The summed E-state index contributed by atoms with van der Waals surface area (Å²) >= 11 is 3.29. The number of aliphatic hydroxyl groups excluding tert-OH is 1. The van der Waals surface area contributed by atoms with E-state index in [1.165, 1.54) is 0 Å². The highest BCUT2D eigenvalue weighted by Crippen LogP contribution is 2.56. The summed E-state index contributed by atoms with van der Waals surface area (Å²) in [6.45, 7) is 3.60. The van der Waals surface area contributed by atoms with Gasteiger partial charge in [-0.1, -0.05) is 30.9 Å². The molecule has 242 valence electrons. The molecule has 46 heavy (non-hydrogen) atoms. The predicted molar refractivity (Wildman–Crippen MR) is 191 cm³/mol. The average molecular weight is 657 g/mol. The lowest BCUT2D eigenvalue weighted by atomic mass is 9.59. The average Bonchev–Trinajstić information content (AvgIpc) is 3.82. The molecule has 9 heteroatoms. The molecule has 0 amide bonds. The molecule has 0 radical (unpaired) electrons. The maximum atomic E-state index is 14.2. The highest BCUT2D eigenvalue weighted by atomic mass is 32.1. The summed E-state index contributed by atoms with van der Waals surface area (Å²) in [6, 6.07) is 12.0. The summed E-state index contributed by atoms with van der Waals surface area (Å²) in [4.78, 5) is 22.6. The molecule has 2 saturated carbocycles. The van der Waals surface area contributed by atoms with Gasteiger partial charge in [-0.05, 0) is 106 Å². The van der Waals surface area contributed by atoms with Crippen molar-refractivity contribution in [2.75, 3.05) is 12.4 Å². The number of aliphatic imine (C=N–C) groups is 1. The standard InChI is InChI=1S/C37H44N4O3S2/c1-4-7-25-9-13-32(45-25)33-14-15-34(46-33)35(44)27-11-8-24(21-37(27)16-5-6-17-37)29(41-36(38)39-3)18-23-19-30-26(31(43)20-23)10-12-28(40-30)22(2)42/h9-10,12-15,19-20,22,24,27-29,40,42-43H,5-6,8,11,16-18,21H2,1-3H3,(H3,38,39,41). The number of aromatic hydroxyl groups is 1. The van der Waals surface area contributed by atoms with Gasteiger partial charge in [0.25, 0.3) is 0 Å². The Morgan fingerprint density at radius 3 is 2.67 bits per heavy atom. The van der Waals surface area contributed by atoms with Crippen LogP contribution in [0.3, 0.4) is 0 Å². The van der Waals surface area contributed by atoms with E-state index < -0.39 is 6.10 Å². The van der Waals surface area contributed by atoms with E-state index in [9.17, 15) is 15.0 Å². The zero-order valence-corrected chi connectivity index (χ0v) is 28.4. The first-order chi connectivity index (χ1) is 22.2. The van der Waals surface area contributed by atoms with E-state index in [2.05, 4.69) is 51.7 Å². The Hall–Kier alpha value is -3.58. The Kier molecular flexibility index (Phi) is 9.60. The number of carbonyl (C=O) groups is 1. The molecule has 3 heterocycles. The molecule has 1 spiro atoms. The molecule has 1 aromatic carbocycles. The molecule has 1 aliphatic heterocycles. The monoisotopic (exact) mass is 656 g/mol. The number of hydrogen-bond acceptors (Lipinski definition) is 7. The van der Waals surface area contributed by atoms with Gasteiger partial charge in [-0.3, -0.25) is 9.79 Å². The second kappa shape index (κ2) is 13.6. The van der Waals surface area contributed by atoms with Crippen LogP contribution in [0.15, 0.2) is 47.5 Å². The van der Waals surface area contributed by atoms with Crippen molar-refractivity contribution in [2.24, 2.45) is 28.0 Å². The fourth-order valence-corrected chi connectivity index (χ4v) is 9.94. The molecule has 7 nitrogen and oxygen atoms in total. The van der Waals surface area contributed by atoms with E-state index in [1.54, 1.807) is 36.6 Å². The maximum absolute atomic E-state index is 14.2. The van der Waals surface area contributed by atoms with Crippen LogP contribution in [-0.2, 0) is 6.42 Å². The number of phenolic OH excluding ortho intramolecular Hbond substituents is 1. The SMILES string of the molecule is CC#Cc1ccc(-c2ccc(C(=O)C3CCC(C(Cc4cc(O)c5c(c4)NC(C(C)O)C=C5)NC(N)=NC)CC34CCCC4)s2)s1. The number of thiophene rings is 2. The van der Waals surface area contributed by atoms with Crippen molar-refractivity contribution >= 4 is 46.2 Å². The zero-order chi connectivity index (χ0) is 32.4. The van der Waals surface area contributed by atoms with Crippen LogP contribution >= 0.6 is 22.7 Å². The van der Waals surface area contributed by atoms with Gasteiger partial charge in [0.15, 0.2) is 11.7 Å². The Morgan fingerprint density at radius 2 is 1.93 bits per heavy atom. The van der Waals surface area contributed by atoms with E-state index >= 15 is 0 Å². The summed E-state index contributed by atoms with van der Waals surface area (Å²) in [5, 5.41) is 27.9. The van der Waals surface area contributed by atoms with Gasteiger partial charge in [-0.2, -0.15) is 0 Å². The van der Waals surface area contributed by atoms with Gasteiger partial charge in [0.05, 0.1) is 21.9 Å². The molecule has 3 aromatic rings. The number of aliphatic hydroxyl groups is 1. The maximum Gasteiger partial charge on any atom is 0.188 e. The second-order valence-electron chi connectivity index (χ2n) is 13.1. The van der Waals surface area contributed by atoms with E-state index in [0.717, 1.165) is 81.3 Å². The molecule has 2 aromatic heterocycles. The van der Waals surface area contributed by atoms with Crippen LogP contribution in [0.4, 0.5) is 5.69 Å². The lowest BCUT2D eigenvalue weighted by molar-refractivity contribution is 0.0411. The van der Waals surface area contributed by atoms with Crippen molar-refractivity contribution in [1.29, 1.82) is 0 Å². The number of rotatable bonds is 8. The molecule has 6 rings (SSSR count). The lowest BCUT2D eigenvalue weighted by Crippen LogP contribution is -2.50. The molecule has 6 N–H and O–H groups in total. The minimum Gasteiger partial charge on any atom is -0.507 e. The van der Waals surface area contributed by atoms with E-state index in [4.69, 9.17) is 5.73 Å². The van der Waals surface area contributed by atoms with Crippen molar-refractivity contribution in [1.82, 2.24) is 5.32 Å². The van der Waals surface area contributed by atoms with Crippen molar-refractivity contribution in [3.8, 4) is 27.3 Å². The van der Waals surface area contributed by atoms with Crippen LogP contribution < -0.4 is 16.4 Å². The summed E-state index contributed by atoms with van der Waals surface area (Å²) in [7, 11) is 1.69. The van der Waals surface area contributed by atoms with Crippen LogP contribution in [-0.4, -0.2) is 47.2 Å². The Bertz CT molecular complexity index is 1700. The first-order valence-electron chi connectivity index (χ1n) is 16.3. The molecular weight excluding hydrogens is 613 g/mol. The van der Waals surface area contributed by atoms with Gasteiger partial charge in [-0.15, -0.1) is 28.6 Å². The first-order valence-corrected chi connectivity index (χ1v) is 18.0. The number of ketones is 1. The van der Waals surface area contributed by atoms with Gasteiger partial charge >= 0.3 is 0 Å². The molecule has 0 saturated heterocycles. The highest BCUT2D eigenvalue weighted by Gasteiger charge is 2.50. The van der Waals surface area contributed by atoms with E-state index in [-0.39, 0.29) is 29.2 Å². The number of hydrogen-bond donors (Lipinski definition) is 5. The fourth-order valence-electron chi connectivity index (χ4n) is 7.93. The number of nitrogens with zero attached hydrogens (tertiary/aromatic N) is 1. The van der Waals surface area contributed by atoms with Gasteiger partial charge in [0, 0.05) is 40.0 Å².